The molecule has 0 aromatic heterocycles. The lowest BCUT2D eigenvalue weighted by atomic mass is 9.97. The molecule has 0 heterocycles. The molecule has 0 spiro atoms. The summed E-state index contributed by atoms with van der Waals surface area (Å²) in [5.74, 6) is -1.05. The number of carbonyl (C=O) groups is 3. The second-order valence-electron chi connectivity index (χ2n) is 6.16. The van der Waals surface area contributed by atoms with Gasteiger partial charge in [-0.2, -0.15) is 0 Å². The van der Waals surface area contributed by atoms with Gasteiger partial charge in [0.15, 0.2) is 19.0 Å². The summed E-state index contributed by atoms with van der Waals surface area (Å²) in [5.41, 5.74) is 7.05. The van der Waals surface area contributed by atoms with E-state index in [4.69, 9.17) is 15.2 Å². The van der Waals surface area contributed by atoms with Gasteiger partial charge >= 0.3 is 5.97 Å². The predicted molar refractivity (Wildman–Crippen MR) is 101 cm³/mol. The minimum Gasteiger partial charge on any atom is -0.481 e. The molecule has 0 bridgehead atoms. The molecule has 1 atom stereocenters. The first-order valence-corrected chi connectivity index (χ1v) is 8.72. The van der Waals surface area contributed by atoms with Crippen molar-refractivity contribution in [2.45, 2.75) is 26.2 Å². The number of rotatable bonds is 9. The Morgan fingerprint density at radius 2 is 1.67 bits per heavy atom. The number of ether oxygens (including phenoxy) is 2. The highest BCUT2D eigenvalue weighted by Crippen LogP contribution is 2.19. The maximum atomic E-state index is 12.1. The molecule has 0 radical (unpaired) electrons. The van der Waals surface area contributed by atoms with E-state index in [0.29, 0.717) is 11.5 Å². The van der Waals surface area contributed by atoms with Gasteiger partial charge in [-0.15, -0.1) is 0 Å². The number of amides is 1. The quantitative estimate of drug-likeness (QED) is 0.541. The van der Waals surface area contributed by atoms with Gasteiger partial charge in [0, 0.05) is 5.56 Å². The Morgan fingerprint density at radius 1 is 1.00 bits per heavy atom. The lowest BCUT2D eigenvalue weighted by Gasteiger charge is -2.10. The van der Waals surface area contributed by atoms with E-state index in [1.54, 1.807) is 24.3 Å². The van der Waals surface area contributed by atoms with Crippen LogP contribution in [0.1, 0.15) is 52.5 Å². The lowest BCUT2D eigenvalue weighted by molar-refractivity contribution is -0.144. The molecule has 6 nitrogen and oxygen atoms in total. The summed E-state index contributed by atoms with van der Waals surface area (Å²) in [7, 11) is 0. The molecule has 1 amide bonds. The van der Waals surface area contributed by atoms with Gasteiger partial charge in [0.1, 0.15) is 5.75 Å². The van der Waals surface area contributed by atoms with E-state index < -0.39 is 18.5 Å². The SMILES string of the molecule is CC[C@@H](C)c1ccc(C(=O)COC(=O)COc2ccccc2C(N)=O)cc1. The van der Waals surface area contributed by atoms with Gasteiger partial charge in [-0.3, -0.25) is 9.59 Å². The van der Waals surface area contributed by atoms with Gasteiger partial charge in [0.2, 0.25) is 0 Å². The Morgan fingerprint density at radius 3 is 2.30 bits per heavy atom. The van der Waals surface area contributed by atoms with Crippen molar-refractivity contribution in [3.05, 3.63) is 65.2 Å². The average Bonchev–Trinajstić information content (AvgIpc) is 2.70. The van der Waals surface area contributed by atoms with Crippen molar-refractivity contribution in [1.29, 1.82) is 0 Å². The lowest BCUT2D eigenvalue weighted by Crippen LogP contribution is -2.21. The first-order valence-electron chi connectivity index (χ1n) is 8.72. The van der Waals surface area contributed by atoms with E-state index in [0.717, 1.165) is 12.0 Å². The maximum Gasteiger partial charge on any atom is 0.344 e. The van der Waals surface area contributed by atoms with Crippen LogP contribution in [0.5, 0.6) is 5.75 Å². The molecular formula is C21H23NO5. The normalized spacial score (nSPS) is 11.5. The predicted octanol–water partition coefficient (Wildman–Crippen LogP) is 3.10. The van der Waals surface area contributed by atoms with Crippen molar-refractivity contribution in [2.24, 2.45) is 5.73 Å². The van der Waals surface area contributed by atoms with Crippen LogP contribution in [0.25, 0.3) is 0 Å². The molecule has 0 aliphatic carbocycles. The number of esters is 1. The van der Waals surface area contributed by atoms with Crippen LogP contribution in [0.4, 0.5) is 0 Å². The molecule has 0 unspecified atom stereocenters. The fourth-order valence-electron chi connectivity index (χ4n) is 2.44. The second-order valence-corrected chi connectivity index (χ2v) is 6.16. The van der Waals surface area contributed by atoms with Crippen molar-refractivity contribution < 1.29 is 23.9 Å². The summed E-state index contributed by atoms with van der Waals surface area (Å²) in [4.78, 5) is 35.2. The third kappa shape index (κ3) is 5.67. The first kappa shape index (κ1) is 20.2. The van der Waals surface area contributed by atoms with Crippen molar-refractivity contribution >= 4 is 17.7 Å². The Balaban J connectivity index is 1.85. The Labute approximate surface area is 158 Å². The largest absolute Gasteiger partial charge is 0.481 e. The number of nitrogens with two attached hydrogens (primary N) is 1. The molecule has 2 N–H and O–H groups in total. The summed E-state index contributed by atoms with van der Waals surface area (Å²) in [6, 6.07) is 13.6. The van der Waals surface area contributed by atoms with Gasteiger partial charge in [-0.1, -0.05) is 50.2 Å². The molecule has 0 saturated carbocycles. The van der Waals surface area contributed by atoms with Crippen LogP contribution in [0, 0.1) is 0 Å². The molecule has 0 aliphatic heterocycles. The minimum absolute atomic E-state index is 0.169. The summed E-state index contributed by atoms with van der Waals surface area (Å²) >= 11 is 0. The standard InChI is InChI=1S/C21H23NO5/c1-3-14(2)15-8-10-16(11-9-15)18(23)12-27-20(24)13-26-19-7-5-4-6-17(19)21(22)25/h4-11,14H,3,12-13H2,1-2H3,(H2,22,25)/t14-/m1/s1. The number of Topliss-reactive ketones (excluding diaryl/α,β-unsaturated/α-hetero) is 1. The molecule has 27 heavy (non-hydrogen) atoms. The fourth-order valence-corrected chi connectivity index (χ4v) is 2.44. The van der Waals surface area contributed by atoms with E-state index in [1.165, 1.54) is 12.1 Å². The van der Waals surface area contributed by atoms with Crippen LogP contribution in [0.15, 0.2) is 48.5 Å². The highest BCUT2D eigenvalue weighted by molar-refractivity contribution is 5.98. The van der Waals surface area contributed by atoms with E-state index in [9.17, 15) is 14.4 Å². The van der Waals surface area contributed by atoms with Crippen molar-refractivity contribution in [2.75, 3.05) is 13.2 Å². The third-order valence-electron chi connectivity index (χ3n) is 4.28. The van der Waals surface area contributed by atoms with Crippen LogP contribution in [-0.4, -0.2) is 30.9 Å². The Hall–Kier alpha value is -3.15. The number of primary amides is 1. The highest BCUT2D eigenvalue weighted by atomic mass is 16.6. The topological polar surface area (TPSA) is 95.7 Å². The number of hydrogen-bond donors (Lipinski definition) is 1. The zero-order valence-electron chi connectivity index (χ0n) is 15.4. The monoisotopic (exact) mass is 369 g/mol. The number of benzene rings is 2. The first-order chi connectivity index (χ1) is 12.9. The van der Waals surface area contributed by atoms with Crippen LogP contribution >= 0.6 is 0 Å². The zero-order valence-corrected chi connectivity index (χ0v) is 15.4. The Bertz CT molecular complexity index is 814. The summed E-state index contributed by atoms with van der Waals surface area (Å²) in [5, 5.41) is 0. The van der Waals surface area contributed by atoms with E-state index >= 15 is 0 Å². The second kappa shape index (κ2) is 9.52. The summed E-state index contributed by atoms with van der Waals surface area (Å²) in [6.07, 6.45) is 1.02. The third-order valence-corrected chi connectivity index (χ3v) is 4.28. The highest BCUT2D eigenvalue weighted by Gasteiger charge is 2.13. The zero-order chi connectivity index (χ0) is 19.8. The molecule has 142 valence electrons. The molecular weight excluding hydrogens is 346 g/mol. The molecule has 6 heteroatoms. The average molecular weight is 369 g/mol. The number of para-hydroxylation sites is 1. The van der Waals surface area contributed by atoms with E-state index in [2.05, 4.69) is 13.8 Å². The van der Waals surface area contributed by atoms with Crippen molar-refractivity contribution in [3.63, 3.8) is 0 Å². The fraction of sp³-hybridized carbons (Fsp3) is 0.286. The van der Waals surface area contributed by atoms with Crippen molar-refractivity contribution in [1.82, 2.24) is 0 Å². The molecule has 0 fully saturated rings. The summed E-state index contributed by atoms with van der Waals surface area (Å²) < 4.78 is 10.2. The number of hydrogen-bond acceptors (Lipinski definition) is 5. The van der Waals surface area contributed by atoms with Crippen molar-refractivity contribution in [3.8, 4) is 5.75 Å². The van der Waals surface area contributed by atoms with Gasteiger partial charge in [-0.25, -0.2) is 4.79 Å². The molecule has 2 aromatic carbocycles. The maximum absolute atomic E-state index is 12.1. The van der Waals surface area contributed by atoms with Gasteiger partial charge in [-0.05, 0) is 30.0 Å². The molecule has 0 aliphatic rings. The number of carbonyl (C=O) groups excluding carboxylic acids is 3. The van der Waals surface area contributed by atoms with Gasteiger partial charge in [0.25, 0.3) is 5.91 Å². The molecule has 2 rings (SSSR count). The van der Waals surface area contributed by atoms with Crippen LogP contribution in [0.2, 0.25) is 0 Å². The van der Waals surface area contributed by atoms with E-state index in [1.807, 2.05) is 12.1 Å². The van der Waals surface area contributed by atoms with E-state index in [-0.39, 0.29) is 23.7 Å². The summed E-state index contributed by atoms with van der Waals surface area (Å²) in [6.45, 7) is 3.43. The van der Waals surface area contributed by atoms with Gasteiger partial charge < -0.3 is 15.2 Å². The molecule has 0 saturated heterocycles. The van der Waals surface area contributed by atoms with Crippen LogP contribution < -0.4 is 10.5 Å². The van der Waals surface area contributed by atoms with Crippen LogP contribution in [-0.2, 0) is 9.53 Å². The molecule has 2 aromatic rings. The van der Waals surface area contributed by atoms with Gasteiger partial charge in [0.05, 0.1) is 5.56 Å². The smallest absolute Gasteiger partial charge is 0.344 e. The number of ketones is 1. The Kier molecular flexibility index (Phi) is 7.11. The minimum atomic E-state index is -0.709. The van der Waals surface area contributed by atoms with Crippen LogP contribution in [0.3, 0.4) is 0 Å².